The van der Waals surface area contributed by atoms with Gasteiger partial charge in [-0.05, 0) is 36.2 Å². The zero-order valence-corrected chi connectivity index (χ0v) is 17.3. The molecule has 2 aliphatic heterocycles. The summed E-state index contributed by atoms with van der Waals surface area (Å²) >= 11 is 0. The Morgan fingerprint density at radius 3 is 2.97 bits per heavy atom. The van der Waals surface area contributed by atoms with Gasteiger partial charge in [0.1, 0.15) is 18.2 Å². The van der Waals surface area contributed by atoms with Crippen LogP contribution in [0, 0.1) is 6.92 Å². The summed E-state index contributed by atoms with van der Waals surface area (Å²) < 4.78 is 8.03. The fourth-order valence-electron chi connectivity index (χ4n) is 4.29. The molecule has 8 nitrogen and oxygen atoms in total. The average Bonchev–Trinajstić information content (AvgIpc) is 3.16. The zero-order valence-electron chi connectivity index (χ0n) is 17.3. The van der Waals surface area contributed by atoms with Crippen LogP contribution in [0.1, 0.15) is 12.5 Å². The Labute approximate surface area is 175 Å². The number of ether oxygens (including phenoxy) is 1. The van der Waals surface area contributed by atoms with Crippen molar-refractivity contribution in [1.82, 2.24) is 24.4 Å². The number of hydrogen-bond acceptors (Lipinski definition) is 6. The van der Waals surface area contributed by atoms with Gasteiger partial charge >= 0.3 is 0 Å². The third kappa shape index (κ3) is 3.47. The average molecular weight is 406 g/mol. The van der Waals surface area contributed by atoms with Crippen LogP contribution < -0.4 is 10.1 Å². The molecule has 1 saturated heterocycles. The maximum atomic E-state index is 11.9. The summed E-state index contributed by atoms with van der Waals surface area (Å²) in [6.45, 7) is 8.17. The largest absolute Gasteiger partial charge is 0.492 e. The lowest BCUT2D eigenvalue weighted by Crippen LogP contribution is -2.57. The molecular weight excluding hydrogens is 380 g/mol. The van der Waals surface area contributed by atoms with Crippen molar-refractivity contribution in [1.29, 1.82) is 0 Å². The van der Waals surface area contributed by atoms with Crippen molar-refractivity contribution in [3.63, 3.8) is 0 Å². The molecule has 30 heavy (non-hydrogen) atoms. The minimum Gasteiger partial charge on any atom is -0.492 e. The van der Waals surface area contributed by atoms with Crippen LogP contribution in [-0.2, 0) is 4.79 Å². The van der Waals surface area contributed by atoms with E-state index in [0.29, 0.717) is 13.2 Å². The van der Waals surface area contributed by atoms with Gasteiger partial charge in [-0.15, -0.1) is 0 Å². The normalized spacial score (nSPS) is 19.7. The first-order valence-electron chi connectivity index (χ1n) is 10.4. The van der Waals surface area contributed by atoms with Crippen LogP contribution in [0.25, 0.3) is 16.8 Å². The second-order valence-corrected chi connectivity index (χ2v) is 8.01. The summed E-state index contributed by atoms with van der Waals surface area (Å²) in [6, 6.07) is 8.25. The van der Waals surface area contributed by atoms with Gasteiger partial charge in [-0.1, -0.05) is 6.07 Å². The quantitative estimate of drug-likeness (QED) is 0.616. The van der Waals surface area contributed by atoms with E-state index in [1.807, 2.05) is 29.4 Å². The lowest BCUT2D eigenvalue weighted by Gasteiger charge is -2.41. The highest BCUT2D eigenvalue weighted by atomic mass is 16.5. The number of aryl methyl sites for hydroxylation is 1. The molecule has 0 spiro atoms. The summed E-state index contributed by atoms with van der Waals surface area (Å²) in [4.78, 5) is 21.0. The minimum absolute atomic E-state index is 0.121. The number of aromatic nitrogens is 3. The van der Waals surface area contributed by atoms with Crippen molar-refractivity contribution in [2.45, 2.75) is 19.9 Å². The fraction of sp³-hybridized carbons (Fsp3) is 0.409. The molecule has 1 N–H and O–H groups in total. The predicted octanol–water partition coefficient (Wildman–Crippen LogP) is 2.04. The van der Waals surface area contributed by atoms with E-state index < -0.39 is 0 Å². The molecule has 0 aliphatic carbocycles. The maximum absolute atomic E-state index is 11.9. The van der Waals surface area contributed by atoms with Gasteiger partial charge in [0, 0.05) is 51.4 Å². The van der Waals surface area contributed by atoms with Gasteiger partial charge in [-0.2, -0.15) is 5.10 Å². The predicted molar refractivity (Wildman–Crippen MR) is 115 cm³/mol. The van der Waals surface area contributed by atoms with Crippen molar-refractivity contribution < 1.29 is 9.53 Å². The molecule has 156 valence electrons. The molecule has 8 heteroatoms. The van der Waals surface area contributed by atoms with Crippen molar-refractivity contribution in [3.05, 3.63) is 42.2 Å². The van der Waals surface area contributed by atoms with E-state index in [1.54, 1.807) is 11.4 Å². The number of nitrogens with zero attached hydrogens (tertiary/aromatic N) is 5. The Balaban J connectivity index is 1.53. The van der Waals surface area contributed by atoms with Crippen LogP contribution >= 0.6 is 0 Å². The Morgan fingerprint density at radius 1 is 1.20 bits per heavy atom. The van der Waals surface area contributed by atoms with Crippen LogP contribution in [0.3, 0.4) is 0 Å². The van der Waals surface area contributed by atoms with E-state index in [0.717, 1.165) is 60.1 Å². The van der Waals surface area contributed by atoms with Gasteiger partial charge < -0.3 is 15.0 Å². The summed E-state index contributed by atoms with van der Waals surface area (Å²) in [7, 11) is 0. The lowest BCUT2D eigenvalue weighted by molar-refractivity contribution is -0.132. The van der Waals surface area contributed by atoms with Crippen LogP contribution in [0.4, 0.5) is 5.82 Å². The lowest BCUT2D eigenvalue weighted by atomic mass is 10.0. The first-order valence-corrected chi connectivity index (χ1v) is 10.4. The number of anilines is 1. The molecule has 1 atom stereocenters. The van der Waals surface area contributed by atoms with Crippen LogP contribution in [-0.4, -0.2) is 75.7 Å². The Bertz CT molecular complexity index is 1090. The van der Waals surface area contributed by atoms with E-state index in [1.165, 1.54) is 0 Å². The number of piperazine rings is 1. The van der Waals surface area contributed by atoms with Crippen molar-refractivity contribution in [3.8, 4) is 16.9 Å². The van der Waals surface area contributed by atoms with E-state index >= 15 is 0 Å². The second kappa shape index (κ2) is 7.60. The molecule has 4 bridgehead atoms. The van der Waals surface area contributed by atoms with E-state index in [4.69, 9.17) is 9.72 Å². The first kappa shape index (κ1) is 18.9. The van der Waals surface area contributed by atoms with Gasteiger partial charge in [-0.3, -0.25) is 9.69 Å². The smallest absolute Gasteiger partial charge is 0.219 e. The summed E-state index contributed by atoms with van der Waals surface area (Å²) in [5, 5.41) is 7.92. The molecule has 0 unspecified atom stereocenters. The minimum atomic E-state index is 0.121. The fourth-order valence-corrected chi connectivity index (χ4v) is 4.29. The van der Waals surface area contributed by atoms with E-state index in [9.17, 15) is 4.79 Å². The molecular formula is C22H26N6O2. The topological polar surface area (TPSA) is 75.0 Å². The third-order valence-corrected chi connectivity index (χ3v) is 6.07. The standard InChI is InChI=1S/C22H26N6O2/c1-15-3-4-18-11-19(15)20-12-24-28-7-5-21(25-22(20)28)23-6-8-26-9-10-27(16(2)29)13-17(26)14-30-18/h3-5,7,11-12,17H,6,8-10,13-14H2,1-2H3,(H,23,25)/t17-/m0/s1. The van der Waals surface area contributed by atoms with Gasteiger partial charge in [0.25, 0.3) is 0 Å². The number of benzene rings is 1. The Hall–Kier alpha value is -3.13. The van der Waals surface area contributed by atoms with Crippen molar-refractivity contribution >= 4 is 17.4 Å². The molecule has 2 aliphatic rings. The van der Waals surface area contributed by atoms with Gasteiger partial charge in [0.2, 0.25) is 5.91 Å². The van der Waals surface area contributed by atoms with Gasteiger partial charge in [0.05, 0.1) is 12.2 Å². The Morgan fingerprint density at radius 2 is 2.10 bits per heavy atom. The molecule has 3 aromatic rings. The molecule has 2 aromatic heterocycles. The zero-order chi connectivity index (χ0) is 20.7. The van der Waals surface area contributed by atoms with Crippen LogP contribution in [0.5, 0.6) is 5.75 Å². The summed E-state index contributed by atoms with van der Waals surface area (Å²) in [5.74, 6) is 1.78. The number of fused-ring (bicyclic) bond motifs is 5. The monoisotopic (exact) mass is 406 g/mol. The number of amides is 1. The molecule has 1 fully saturated rings. The highest BCUT2D eigenvalue weighted by molar-refractivity contribution is 5.80. The number of hydrogen-bond donors (Lipinski definition) is 1. The van der Waals surface area contributed by atoms with Gasteiger partial charge in [-0.25, -0.2) is 9.50 Å². The number of carbonyl (C=O) groups excluding carboxylic acids is 1. The highest BCUT2D eigenvalue weighted by Gasteiger charge is 2.28. The molecule has 4 heterocycles. The summed E-state index contributed by atoms with van der Waals surface area (Å²) in [5.41, 5.74) is 4.02. The molecule has 1 amide bonds. The van der Waals surface area contributed by atoms with Crippen molar-refractivity contribution in [2.24, 2.45) is 0 Å². The van der Waals surface area contributed by atoms with E-state index in [-0.39, 0.29) is 11.9 Å². The van der Waals surface area contributed by atoms with E-state index in [2.05, 4.69) is 34.4 Å². The maximum Gasteiger partial charge on any atom is 0.219 e. The molecule has 0 radical (unpaired) electrons. The molecule has 5 rings (SSSR count). The SMILES string of the molecule is CC(=O)N1CCN2CCNc3ccn4ncc(c4n3)-c3cc(ccc3C)OC[C@@H]2C1. The van der Waals surface area contributed by atoms with Crippen LogP contribution in [0.2, 0.25) is 0 Å². The molecule has 0 saturated carbocycles. The number of rotatable bonds is 0. The van der Waals surface area contributed by atoms with Crippen LogP contribution in [0.15, 0.2) is 36.7 Å². The third-order valence-electron chi connectivity index (χ3n) is 6.07. The second-order valence-electron chi connectivity index (χ2n) is 8.01. The van der Waals surface area contributed by atoms with Gasteiger partial charge in [0.15, 0.2) is 5.65 Å². The number of nitrogens with one attached hydrogen (secondary N) is 1. The highest BCUT2D eigenvalue weighted by Crippen LogP contribution is 2.31. The summed E-state index contributed by atoms with van der Waals surface area (Å²) in [6.07, 6.45) is 3.79. The molecule has 1 aromatic carbocycles. The number of carbonyl (C=O) groups is 1. The first-order chi connectivity index (χ1) is 14.6. The Kier molecular flexibility index (Phi) is 4.78. The van der Waals surface area contributed by atoms with Crippen molar-refractivity contribution in [2.75, 3.05) is 44.6 Å².